The molecule has 0 aliphatic heterocycles. The number of nitrogen functional groups attached to an aromatic ring is 1. The van der Waals surface area contributed by atoms with Crippen molar-refractivity contribution in [3.63, 3.8) is 0 Å². The fourth-order valence-corrected chi connectivity index (χ4v) is 2.02. The highest BCUT2D eigenvalue weighted by Crippen LogP contribution is 2.31. The largest absolute Gasteiger partial charge is 0.397 e. The van der Waals surface area contributed by atoms with Crippen molar-refractivity contribution in [2.24, 2.45) is 0 Å². The van der Waals surface area contributed by atoms with Gasteiger partial charge in [-0.3, -0.25) is 4.98 Å². The Morgan fingerprint density at radius 3 is 2.87 bits per heavy atom. The third-order valence-electron chi connectivity index (χ3n) is 1.98. The van der Waals surface area contributed by atoms with Crippen LogP contribution in [0.2, 0.25) is 0 Å². The zero-order valence-corrected chi connectivity index (χ0v) is 9.16. The average molecular weight is 217 g/mol. The normalized spacial score (nSPS) is 10.2. The molecule has 0 unspecified atom stereocenters. The molecule has 0 aliphatic carbocycles. The van der Waals surface area contributed by atoms with E-state index < -0.39 is 0 Å². The lowest BCUT2D eigenvalue weighted by Crippen LogP contribution is -1.90. The van der Waals surface area contributed by atoms with Crippen LogP contribution < -0.4 is 5.73 Å². The maximum atomic E-state index is 5.81. The van der Waals surface area contributed by atoms with Gasteiger partial charge >= 0.3 is 0 Å². The molecule has 4 heteroatoms. The topological polar surface area (TPSA) is 51.8 Å². The van der Waals surface area contributed by atoms with Crippen LogP contribution in [0.3, 0.4) is 0 Å². The number of aromatic nitrogens is 2. The molecule has 0 amide bonds. The van der Waals surface area contributed by atoms with E-state index in [1.165, 1.54) is 0 Å². The van der Waals surface area contributed by atoms with Crippen molar-refractivity contribution >= 4 is 17.4 Å². The lowest BCUT2D eigenvalue weighted by molar-refractivity contribution is 1.08. The van der Waals surface area contributed by atoms with E-state index in [1.807, 2.05) is 25.1 Å². The van der Waals surface area contributed by atoms with Gasteiger partial charge in [0.15, 0.2) is 0 Å². The van der Waals surface area contributed by atoms with E-state index in [9.17, 15) is 0 Å². The van der Waals surface area contributed by atoms with Crippen LogP contribution in [-0.4, -0.2) is 9.97 Å². The third kappa shape index (κ3) is 2.27. The smallest absolute Gasteiger partial charge is 0.104 e. The Labute approximate surface area is 92.8 Å². The lowest BCUT2D eigenvalue weighted by Gasteiger charge is -2.05. The van der Waals surface area contributed by atoms with Gasteiger partial charge in [-0.1, -0.05) is 17.8 Å². The molecule has 0 aromatic carbocycles. The predicted octanol–water partition coefficient (Wildman–Crippen LogP) is 2.52. The second-order valence-corrected chi connectivity index (χ2v) is 4.17. The van der Waals surface area contributed by atoms with Crippen LogP contribution >= 0.6 is 11.8 Å². The Hall–Kier alpha value is -1.55. The molecule has 3 nitrogen and oxygen atoms in total. The third-order valence-corrected chi connectivity index (χ3v) is 3.19. The fraction of sp³-hybridized carbons (Fsp3) is 0.0909. The van der Waals surface area contributed by atoms with Gasteiger partial charge < -0.3 is 5.73 Å². The molecule has 0 radical (unpaired) electrons. The monoisotopic (exact) mass is 217 g/mol. The number of nitrogens with two attached hydrogens (primary N) is 1. The van der Waals surface area contributed by atoms with Gasteiger partial charge in [-0.05, 0) is 24.6 Å². The van der Waals surface area contributed by atoms with Gasteiger partial charge in [0.25, 0.3) is 0 Å². The number of nitrogens with zero attached hydrogens (tertiary/aromatic N) is 2. The van der Waals surface area contributed by atoms with Gasteiger partial charge in [-0.2, -0.15) is 0 Å². The number of anilines is 1. The summed E-state index contributed by atoms with van der Waals surface area (Å²) in [4.78, 5) is 9.24. The highest BCUT2D eigenvalue weighted by Gasteiger charge is 2.04. The first-order chi connectivity index (χ1) is 7.27. The van der Waals surface area contributed by atoms with Crippen LogP contribution in [-0.2, 0) is 0 Å². The first-order valence-corrected chi connectivity index (χ1v) is 5.38. The number of hydrogen-bond donors (Lipinski definition) is 1. The van der Waals surface area contributed by atoms with Crippen LogP contribution in [0, 0.1) is 6.92 Å². The Morgan fingerprint density at radius 2 is 2.13 bits per heavy atom. The highest BCUT2D eigenvalue weighted by atomic mass is 32.2. The van der Waals surface area contributed by atoms with E-state index in [0.29, 0.717) is 5.69 Å². The summed E-state index contributed by atoms with van der Waals surface area (Å²) in [5, 5.41) is 0.982. The number of aryl methyl sites for hydroxylation is 1. The zero-order chi connectivity index (χ0) is 10.7. The maximum absolute atomic E-state index is 5.81. The predicted molar refractivity (Wildman–Crippen MR) is 61.7 cm³/mol. The van der Waals surface area contributed by atoms with Crippen molar-refractivity contribution in [2.75, 3.05) is 5.73 Å². The van der Waals surface area contributed by atoms with Crippen LogP contribution in [0.15, 0.2) is 46.7 Å². The molecule has 0 aliphatic rings. The molecule has 15 heavy (non-hydrogen) atoms. The van der Waals surface area contributed by atoms with Crippen LogP contribution in [0.5, 0.6) is 0 Å². The average Bonchev–Trinajstić information content (AvgIpc) is 2.24. The van der Waals surface area contributed by atoms with Gasteiger partial charge in [-0.25, -0.2) is 4.98 Å². The summed E-state index contributed by atoms with van der Waals surface area (Å²) in [6.07, 6.45) is 5.17. The van der Waals surface area contributed by atoms with Crippen LogP contribution in [0.1, 0.15) is 5.56 Å². The van der Waals surface area contributed by atoms with Crippen molar-refractivity contribution in [1.82, 2.24) is 9.97 Å². The molecule has 0 saturated heterocycles. The van der Waals surface area contributed by atoms with Crippen molar-refractivity contribution < 1.29 is 0 Å². The summed E-state index contributed by atoms with van der Waals surface area (Å²) < 4.78 is 0. The highest BCUT2D eigenvalue weighted by molar-refractivity contribution is 7.99. The van der Waals surface area contributed by atoms with E-state index in [4.69, 9.17) is 5.73 Å². The summed E-state index contributed by atoms with van der Waals surface area (Å²) in [5.41, 5.74) is 7.65. The number of hydrogen-bond acceptors (Lipinski definition) is 4. The second-order valence-electron chi connectivity index (χ2n) is 3.14. The van der Waals surface area contributed by atoms with Gasteiger partial charge in [-0.15, -0.1) is 0 Å². The first kappa shape index (κ1) is 9.98. The van der Waals surface area contributed by atoms with Crippen molar-refractivity contribution in [2.45, 2.75) is 16.8 Å². The molecule has 2 rings (SSSR count). The molecule has 76 valence electrons. The Morgan fingerprint density at radius 1 is 1.27 bits per heavy atom. The quantitative estimate of drug-likeness (QED) is 0.839. The van der Waals surface area contributed by atoms with Crippen LogP contribution in [0.4, 0.5) is 5.69 Å². The molecule has 2 aromatic heterocycles. The number of rotatable bonds is 2. The van der Waals surface area contributed by atoms with Gasteiger partial charge in [0, 0.05) is 17.3 Å². The molecule has 0 fully saturated rings. The molecule has 0 saturated carbocycles. The minimum absolute atomic E-state index is 0.688. The van der Waals surface area contributed by atoms with Crippen molar-refractivity contribution in [3.05, 3.63) is 42.4 Å². The Balaban J connectivity index is 2.30. The molecule has 0 spiro atoms. The van der Waals surface area contributed by atoms with E-state index in [2.05, 4.69) is 9.97 Å². The molecule has 2 N–H and O–H groups in total. The summed E-state index contributed by atoms with van der Waals surface area (Å²) in [7, 11) is 0. The minimum atomic E-state index is 0.688. The maximum Gasteiger partial charge on any atom is 0.104 e. The summed E-state index contributed by atoms with van der Waals surface area (Å²) in [5.74, 6) is 0. The standard InChI is InChI=1S/C11H11N3S/c1-8-3-2-5-14-11(8)15-10-4-6-13-7-9(10)12/h2-7H,12H2,1H3. The summed E-state index contributed by atoms with van der Waals surface area (Å²) in [6.45, 7) is 2.03. The number of pyridine rings is 2. The molecule has 0 atom stereocenters. The molecule has 0 bridgehead atoms. The van der Waals surface area contributed by atoms with E-state index >= 15 is 0 Å². The van der Waals surface area contributed by atoms with Gasteiger partial charge in [0.1, 0.15) is 5.03 Å². The van der Waals surface area contributed by atoms with E-state index in [-0.39, 0.29) is 0 Å². The molecular formula is C11H11N3S. The van der Waals surface area contributed by atoms with E-state index in [1.54, 1.807) is 30.4 Å². The van der Waals surface area contributed by atoms with Crippen LogP contribution in [0.25, 0.3) is 0 Å². The molecule has 2 aromatic rings. The second kappa shape index (κ2) is 4.31. The van der Waals surface area contributed by atoms with Gasteiger partial charge in [0.05, 0.1) is 11.9 Å². The van der Waals surface area contributed by atoms with Crippen molar-refractivity contribution in [3.8, 4) is 0 Å². The summed E-state index contributed by atoms with van der Waals surface area (Å²) in [6, 6.07) is 5.86. The molecular weight excluding hydrogens is 206 g/mol. The zero-order valence-electron chi connectivity index (χ0n) is 8.34. The fourth-order valence-electron chi connectivity index (χ4n) is 1.17. The first-order valence-electron chi connectivity index (χ1n) is 4.56. The Kier molecular flexibility index (Phi) is 2.87. The summed E-state index contributed by atoms with van der Waals surface area (Å²) >= 11 is 1.56. The minimum Gasteiger partial charge on any atom is -0.397 e. The van der Waals surface area contributed by atoms with E-state index in [0.717, 1.165) is 15.5 Å². The van der Waals surface area contributed by atoms with Crippen molar-refractivity contribution in [1.29, 1.82) is 0 Å². The lowest BCUT2D eigenvalue weighted by atomic mass is 10.3. The van der Waals surface area contributed by atoms with Gasteiger partial charge in [0.2, 0.25) is 0 Å². The Bertz CT molecular complexity index is 427. The SMILES string of the molecule is Cc1cccnc1Sc1ccncc1N. The molecule has 2 heterocycles.